The zero-order valence-electron chi connectivity index (χ0n) is 9.81. The van der Waals surface area contributed by atoms with E-state index in [0.717, 1.165) is 0 Å². The number of aromatic nitrogens is 2. The number of aryl methyl sites for hydroxylation is 1. The average molecular weight is 266 g/mol. The zero-order chi connectivity index (χ0) is 13.0. The van der Waals surface area contributed by atoms with Gasteiger partial charge in [-0.1, -0.05) is 23.7 Å². The van der Waals surface area contributed by atoms with Crippen molar-refractivity contribution in [2.45, 2.75) is 13.3 Å². The van der Waals surface area contributed by atoms with Crippen LogP contribution >= 0.6 is 11.6 Å². The predicted octanol–water partition coefficient (Wildman–Crippen LogP) is 2.00. The number of hydrogen-bond acceptors (Lipinski definition) is 4. The fourth-order valence-electron chi connectivity index (χ4n) is 1.46. The number of rotatable bonds is 4. The van der Waals surface area contributed by atoms with E-state index in [4.69, 9.17) is 16.0 Å². The molecule has 0 fully saturated rings. The van der Waals surface area contributed by atoms with Gasteiger partial charge in [-0.2, -0.15) is 0 Å². The summed E-state index contributed by atoms with van der Waals surface area (Å²) in [5.74, 6) is 0.811. The quantitative estimate of drug-likeness (QED) is 0.918. The molecule has 6 heteroatoms. The number of amides is 1. The third kappa shape index (κ3) is 3.07. The lowest BCUT2D eigenvalue weighted by molar-refractivity contribution is 0.0954. The van der Waals surface area contributed by atoms with E-state index in [-0.39, 0.29) is 5.91 Å². The maximum absolute atomic E-state index is 11.8. The molecule has 5 nitrogen and oxygen atoms in total. The lowest BCUT2D eigenvalue weighted by Crippen LogP contribution is -2.26. The second kappa shape index (κ2) is 5.64. The summed E-state index contributed by atoms with van der Waals surface area (Å²) in [4.78, 5) is 11.8. The van der Waals surface area contributed by atoms with Gasteiger partial charge in [0.05, 0.1) is 10.6 Å². The molecule has 1 aromatic carbocycles. The van der Waals surface area contributed by atoms with Crippen molar-refractivity contribution < 1.29 is 9.21 Å². The van der Waals surface area contributed by atoms with Crippen molar-refractivity contribution >= 4 is 17.5 Å². The van der Waals surface area contributed by atoms with Crippen LogP contribution in [0.2, 0.25) is 5.02 Å². The van der Waals surface area contributed by atoms with E-state index >= 15 is 0 Å². The van der Waals surface area contributed by atoms with Gasteiger partial charge in [0.1, 0.15) is 0 Å². The number of carbonyl (C=O) groups excluding carboxylic acids is 1. The molecule has 0 saturated heterocycles. The lowest BCUT2D eigenvalue weighted by Gasteiger charge is -2.04. The standard InChI is InChI=1S/C12H12ClN3O2/c1-8-15-16-11(18-8)6-7-14-12(17)9-4-2-3-5-10(9)13/h2-5H,6-7H2,1H3,(H,14,17). The van der Waals surface area contributed by atoms with Gasteiger partial charge in [0.2, 0.25) is 11.8 Å². The molecule has 1 amide bonds. The Bertz CT molecular complexity index is 554. The summed E-state index contributed by atoms with van der Waals surface area (Å²) in [5, 5.41) is 10.7. The first-order chi connectivity index (χ1) is 8.66. The van der Waals surface area contributed by atoms with E-state index in [1.807, 2.05) is 0 Å². The van der Waals surface area contributed by atoms with Gasteiger partial charge in [-0.25, -0.2) is 0 Å². The number of hydrogen-bond donors (Lipinski definition) is 1. The topological polar surface area (TPSA) is 68.0 Å². The van der Waals surface area contributed by atoms with Gasteiger partial charge in [-0.15, -0.1) is 10.2 Å². The molecule has 0 unspecified atom stereocenters. The highest BCUT2D eigenvalue weighted by Gasteiger charge is 2.09. The van der Waals surface area contributed by atoms with E-state index in [9.17, 15) is 4.79 Å². The molecule has 2 aromatic rings. The summed E-state index contributed by atoms with van der Waals surface area (Å²) in [6.45, 7) is 2.14. The van der Waals surface area contributed by atoms with Crippen LogP contribution in [-0.2, 0) is 6.42 Å². The van der Waals surface area contributed by atoms with Gasteiger partial charge < -0.3 is 9.73 Å². The minimum absolute atomic E-state index is 0.211. The second-order valence-corrected chi connectivity index (χ2v) is 4.11. The van der Waals surface area contributed by atoms with Crippen molar-refractivity contribution in [3.63, 3.8) is 0 Å². The fraction of sp³-hybridized carbons (Fsp3) is 0.250. The van der Waals surface area contributed by atoms with Crippen LogP contribution in [0.1, 0.15) is 22.1 Å². The molecule has 1 heterocycles. The number of halogens is 1. The number of nitrogens with one attached hydrogen (secondary N) is 1. The van der Waals surface area contributed by atoms with Crippen LogP contribution in [-0.4, -0.2) is 22.6 Å². The molecule has 0 aliphatic carbocycles. The molecular weight excluding hydrogens is 254 g/mol. The summed E-state index contributed by atoms with van der Waals surface area (Å²) < 4.78 is 5.20. The monoisotopic (exact) mass is 265 g/mol. The van der Waals surface area contributed by atoms with Crippen molar-refractivity contribution in [2.75, 3.05) is 6.54 Å². The SMILES string of the molecule is Cc1nnc(CCNC(=O)c2ccccc2Cl)o1. The molecule has 0 bridgehead atoms. The Balaban J connectivity index is 1.87. The Morgan fingerprint density at radius 1 is 1.39 bits per heavy atom. The van der Waals surface area contributed by atoms with Gasteiger partial charge in [0, 0.05) is 19.9 Å². The molecule has 18 heavy (non-hydrogen) atoms. The molecule has 94 valence electrons. The van der Waals surface area contributed by atoms with Crippen molar-refractivity contribution in [1.29, 1.82) is 0 Å². The molecule has 0 aliphatic heterocycles. The van der Waals surface area contributed by atoms with Crippen LogP contribution in [0.4, 0.5) is 0 Å². The Morgan fingerprint density at radius 3 is 2.83 bits per heavy atom. The van der Waals surface area contributed by atoms with Crippen molar-refractivity contribution in [1.82, 2.24) is 15.5 Å². The van der Waals surface area contributed by atoms with E-state index < -0.39 is 0 Å². The van der Waals surface area contributed by atoms with Crippen LogP contribution in [0.3, 0.4) is 0 Å². The van der Waals surface area contributed by atoms with Gasteiger partial charge in [0.15, 0.2) is 0 Å². The smallest absolute Gasteiger partial charge is 0.252 e. The summed E-state index contributed by atoms with van der Waals surface area (Å²) >= 11 is 5.92. The van der Waals surface area contributed by atoms with Crippen LogP contribution in [0.25, 0.3) is 0 Å². The fourth-order valence-corrected chi connectivity index (χ4v) is 1.68. The summed E-state index contributed by atoms with van der Waals surface area (Å²) in [5.41, 5.74) is 0.459. The van der Waals surface area contributed by atoms with Gasteiger partial charge >= 0.3 is 0 Å². The Hall–Kier alpha value is -1.88. The maximum atomic E-state index is 11.8. The van der Waals surface area contributed by atoms with Crippen LogP contribution in [0.5, 0.6) is 0 Å². The Kier molecular flexibility index (Phi) is 3.94. The van der Waals surface area contributed by atoms with Crippen LogP contribution in [0, 0.1) is 6.92 Å². The van der Waals surface area contributed by atoms with Gasteiger partial charge in [0.25, 0.3) is 5.91 Å². The van der Waals surface area contributed by atoms with E-state index in [2.05, 4.69) is 15.5 Å². The van der Waals surface area contributed by atoms with Crippen molar-refractivity contribution in [3.8, 4) is 0 Å². The molecule has 1 aromatic heterocycles. The molecule has 0 saturated carbocycles. The van der Waals surface area contributed by atoms with Crippen molar-refractivity contribution in [3.05, 3.63) is 46.6 Å². The lowest BCUT2D eigenvalue weighted by atomic mass is 10.2. The second-order valence-electron chi connectivity index (χ2n) is 3.70. The largest absolute Gasteiger partial charge is 0.426 e. The van der Waals surface area contributed by atoms with Crippen molar-refractivity contribution in [2.24, 2.45) is 0 Å². The first-order valence-electron chi connectivity index (χ1n) is 5.48. The van der Waals surface area contributed by atoms with Gasteiger partial charge in [-0.3, -0.25) is 4.79 Å². The minimum atomic E-state index is -0.211. The highest BCUT2D eigenvalue weighted by atomic mass is 35.5. The minimum Gasteiger partial charge on any atom is -0.426 e. The summed E-state index contributed by atoms with van der Waals surface area (Å²) in [6.07, 6.45) is 0.497. The Morgan fingerprint density at radius 2 is 2.17 bits per heavy atom. The molecule has 2 rings (SSSR count). The molecular formula is C12H12ClN3O2. The van der Waals surface area contributed by atoms with Crippen LogP contribution < -0.4 is 5.32 Å². The molecule has 0 atom stereocenters. The highest BCUT2D eigenvalue weighted by molar-refractivity contribution is 6.33. The highest BCUT2D eigenvalue weighted by Crippen LogP contribution is 2.14. The normalized spacial score (nSPS) is 10.3. The van der Waals surface area contributed by atoms with Crippen LogP contribution in [0.15, 0.2) is 28.7 Å². The number of carbonyl (C=O) groups is 1. The average Bonchev–Trinajstić information content (AvgIpc) is 2.75. The van der Waals surface area contributed by atoms with E-state index in [1.54, 1.807) is 31.2 Å². The molecule has 0 spiro atoms. The zero-order valence-corrected chi connectivity index (χ0v) is 10.6. The molecule has 0 radical (unpaired) electrons. The number of nitrogens with zero attached hydrogens (tertiary/aromatic N) is 2. The first-order valence-corrected chi connectivity index (χ1v) is 5.86. The maximum Gasteiger partial charge on any atom is 0.252 e. The third-order valence-corrected chi connectivity index (χ3v) is 2.64. The number of benzene rings is 1. The summed E-state index contributed by atoms with van der Waals surface area (Å²) in [6, 6.07) is 6.90. The molecule has 0 aliphatic rings. The first kappa shape index (κ1) is 12.6. The molecule has 1 N–H and O–H groups in total. The third-order valence-electron chi connectivity index (χ3n) is 2.31. The van der Waals surface area contributed by atoms with E-state index in [0.29, 0.717) is 35.3 Å². The van der Waals surface area contributed by atoms with E-state index in [1.165, 1.54) is 0 Å². The summed E-state index contributed by atoms with van der Waals surface area (Å²) in [7, 11) is 0. The predicted molar refractivity (Wildman–Crippen MR) is 66.5 cm³/mol. The van der Waals surface area contributed by atoms with Gasteiger partial charge in [-0.05, 0) is 12.1 Å². The Labute approximate surface area is 109 Å².